The van der Waals surface area contributed by atoms with Crippen molar-refractivity contribution in [3.63, 3.8) is 0 Å². The Morgan fingerprint density at radius 3 is 2.81 bits per heavy atom. The van der Waals surface area contributed by atoms with Gasteiger partial charge in [-0.05, 0) is 35.9 Å². The number of nitrogens with one attached hydrogen (secondary N) is 2. The summed E-state index contributed by atoms with van der Waals surface area (Å²) in [4.78, 5) is 18.8. The van der Waals surface area contributed by atoms with Crippen molar-refractivity contribution in [3.05, 3.63) is 59.0 Å². The summed E-state index contributed by atoms with van der Waals surface area (Å²) < 4.78 is 44.6. The van der Waals surface area contributed by atoms with Gasteiger partial charge in [-0.2, -0.15) is 0 Å². The molecule has 8 nitrogen and oxygen atoms in total. The zero-order valence-corrected chi connectivity index (χ0v) is 18.3. The number of rotatable bonds is 7. The van der Waals surface area contributed by atoms with Gasteiger partial charge in [0.1, 0.15) is 11.6 Å². The molecule has 0 unspecified atom stereocenters. The number of carbonyl (C=O) groups is 1. The number of nitrogens with zero attached hydrogens (tertiary/aromatic N) is 2. The molecule has 10 heteroatoms. The molecule has 1 aliphatic heterocycles. The smallest absolute Gasteiger partial charge is 0.244 e. The van der Waals surface area contributed by atoms with Gasteiger partial charge in [-0.15, -0.1) is 6.42 Å². The minimum Gasteiger partial charge on any atom is -0.378 e. The van der Waals surface area contributed by atoms with Gasteiger partial charge in [-0.25, -0.2) is 17.8 Å². The van der Waals surface area contributed by atoms with Crippen molar-refractivity contribution in [1.82, 2.24) is 10.3 Å². The van der Waals surface area contributed by atoms with Crippen LogP contribution >= 0.6 is 0 Å². The molecule has 1 aromatic carbocycles. The average Bonchev–Trinajstić information content (AvgIpc) is 2.77. The summed E-state index contributed by atoms with van der Waals surface area (Å²) >= 11 is 0. The molecule has 0 spiro atoms. The van der Waals surface area contributed by atoms with E-state index in [1.165, 1.54) is 12.1 Å². The lowest BCUT2D eigenvalue weighted by Gasteiger charge is -2.28. The summed E-state index contributed by atoms with van der Waals surface area (Å²) in [7, 11) is -3.70. The Kier molecular flexibility index (Phi) is 7.45. The molecule has 1 fully saturated rings. The molecule has 0 saturated carbocycles. The van der Waals surface area contributed by atoms with Crippen LogP contribution in [0.5, 0.6) is 0 Å². The second-order valence-corrected chi connectivity index (χ2v) is 8.83. The number of amides is 1. The number of aromatic nitrogens is 1. The molecule has 1 saturated heterocycles. The summed E-state index contributed by atoms with van der Waals surface area (Å²) in [5.41, 5.74) is 0.936. The maximum absolute atomic E-state index is 14.4. The largest absolute Gasteiger partial charge is 0.378 e. The summed E-state index contributed by atoms with van der Waals surface area (Å²) in [6, 6.07) is 6.22. The Morgan fingerprint density at radius 1 is 1.38 bits per heavy atom. The van der Waals surface area contributed by atoms with Crippen LogP contribution in [0.15, 0.2) is 36.5 Å². The van der Waals surface area contributed by atoms with Crippen molar-refractivity contribution in [3.8, 4) is 12.3 Å². The molecular formula is C22H23FN4O4S. The lowest BCUT2D eigenvalue weighted by atomic mass is 10.1. The zero-order valence-electron chi connectivity index (χ0n) is 17.5. The number of terminal acetylenes is 1. The van der Waals surface area contributed by atoms with Crippen molar-refractivity contribution < 1.29 is 22.3 Å². The Balaban J connectivity index is 1.67. The van der Waals surface area contributed by atoms with Crippen LogP contribution in [0.2, 0.25) is 0 Å². The van der Waals surface area contributed by atoms with Crippen molar-refractivity contribution in [2.45, 2.75) is 6.54 Å². The average molecular weight is 459 g/mol. The predicted molar refractivity (Wildman–Crippen MR) is 121 cm³/mol. The van der Waals surface area contributed by atoms with Crippen LogP contribution in [0.1, 0.15) is 16.7 Å². The number of hydrogen-bond donors (Lipinski definition) is 2. The number of hydrogen-bond acceptors (Lipinski definition) is 6. The van der Waals surface area contributed by atoms with Gasteiger partial charge >= 0.3 is 0 Å². The first-order valence-electron chi connectivity index (χ1n) is 9.77. The molecule has 168 valence electrons. The maximum atomic E-state index is 14.4. The van der Waals surface area contributed by atoms with Gasteiger partial charge in [-0.3, -0.25) is 9.52 Å². The Labute approximate surface area is 186 Å². The lowest BCUT2D eigenvalue weighted by molar-refractivity contribution is -0.116. The normalized spacial score (nSPS) is 14.2. The molecular weight excluding hydrogens is 435 g/mol. The van der Waals surface area contributed by atoms with Gasteiger partial charge in [0.2, 0.25) is 15.9 Å². The number of ether oxygens (including phenoxy) is 1. The summed E-state index contributed by atoms with van der Waals surface area (Å²) in [6.07, 6.45) is 11.0. The van der Waals surface area contributed by atoms with E-state index in [1.807, 2.05) is 6.07 Å². The van der Waals surface area contributed by atoms with Gasteiger partial charge in [0.15, 0.2) is 0 Å². The van der Waals surface area contributed by atoms with Crippen LogP contribution in [0.3, 0.4) is 0 Å². The molecule has 1 aliphatic rings. The minimum atomic E-state index is -3.70. The van der Waals surface area contributed by atoms with Crippen LogP contribution in [-0.4, -0.2) is 51.9 Å². The summed E-state index contributed by atoms with van der Waals surface area (Å²) in [5, 5.41) is 2.66. The second kappa shape index (κ2) is 10.3. The van der Waals surface area contributed by atoms with E-state index >= 15 is 0 Å². The highest BCUT2D eigenvalue weighted by Crippen LogP contribution is 2.23. The lowest BCUT2D eigenvalue weighted by Crippen LogP contribution is -2.37. The fourth-order valence-electron chi connectivity index (χ4n) is 3.16. The van der Waals surface area contributed by atoms with E-state index in [0.29, 0.717) is 18.8 Å². The Bertz CT molecular complexity index is 1170. The van der Waals surface area contributed by atoms with E-state index in [1.54, 1.807) is 18.3 Å². The standard InChI is InChI=1S/C22H23FN4O4S/c1-3-17-13-16(14-19(23)21(17)26-32(2,29)30)15-25-20(28)7-6-18-5-4-8-24-22(18)27-9-11-31-12-10-27/h1,4-8,13-14,26H,9-12,15H2,2H3,(H,25,28)/b7-6-. The van der Waals surface area contributed by atoms with Crippen molar-refractivity contribution >= 4 is 33.5 Å². The first-order valence-corrected chi connectivity index (χ1v) is 11.7. The van der Waals surface area contributed by atoms with E-state index in [2.05, 4.69) is 25.8 Å². The van der Waals surface area contributed by atoms with Crippen LogP contribution in [-0.2, 0) is 26.1 Å². The third-order valence-electron chi connectivity index (χ3n) is 4.60. The van der Waals surface area contributed by atoms with Crippen LogP contribution in [0, 0.1) is 18.2 Å². The van der Waals surface area contributed by atoms with E-state index < -0.39 is 15.8 Å². The van der Waals surface area contributed by atoms with Crippen LogP contribution in [0.4, 0.5) is 15.9 Å². The van der Waals surface area contributed by atoms with Crippen LogP contribution < -0.4 is 14.9 Å². The van der Waals surface area contributed by atoms with Gasteiger partial charge in [0.25, 0.3) is 0 Å². The van der Waals surface area contributed by atoms with E-state index in [-0.39, 0.29) is 23.7 Å². The quantitative estimate of drug-likeness (QED) is 0.484. The molecule has 1 amide bonds. The topological polar surface area (TPSA) is 101 Å². The Hall–Kier alpha value is -3.42. The number of halogens is 1. The molecule has 32 heavy (non-hydrogen) atoms. The number of sulfonamides is 1. The molecule has 2 heterocycles. The maximum Gasteiger partial charge on any atom is 0.244 e. The third-order valence-corrected chi connectivity index (χ3v) is 5.18. The third kappa shape index (κ3) is 6.29. The predicted octanol–water partition coefficient (Wildman–Crippen LogP) is 1.74. The second-order valence-electron chi connectivity index (χ2n) is 7.09. The summed E-state index contributed by atoms with van der Waals surface area (Å²) in [5.74, 6) is 1.82. The summed E-state index contributed by atoms with van der Waals surface area (Å²) in [6.45, 7) is 2.69. The number of morpholine rings is 1. The van der Waals surface area contributed by atoms with E-state index in [0.717, 1.165) is 36.8 Å². The molecule has 0 aliphatic carbocycles. The highest BCUT2D eigenvalue weighted by molar-refractivity contribution is 7.92. The number of pyridine rings is 1. The highest BCUT2D eigenvalue weighted by Gasteiger charge is 2.16. The fraction of sp³-hybridized carbons (Fsp3) is 0.273. The van der Waals surface area contributed by atoms with Gasteiger partial charge in [0.05, 0.1) is 30.7 Å². The van der Waals surface area contributed by atoms with Crippen molar-refractivity contribution in [2.75, 3.05) is 42.2 Å². The molecule has 1 aromatic heterocycles. The van der Waals surface area contributed by atoms with Gasteiger partial charge in [0, 0.05) is 37.5 Å². The Morgan fingerprint density at radius 2 is 2.12 bits per heavy atom. The SMILES string of the molecule is C#Cc1cc(CNC(=O)/C=C\c2cccnc2N2CCOCC2)cc(F)c1NS(C)(=O)=O. The first kappa shape index (κ1) is 23.2. The number of carbonyl (C=O) groups excluding carboxylic acids is 1. The van der Waals surface area contributed by atoms with Crippen LogP contribution in [0.25, 0.3) is 6.08 Å². The number of benzene rings is 1. The van der Waals surface area contributed by atoms with Gasteiger partial charge in [-0.1, -0.05) is 5.92 Å². The minimum absolute atomic E-state index is 0.0112. The van der Waals surface area contributed by atoms with Crippen molar-refractivity contribution in [1.29, 1.82) is 0 Å². The molecule has 0 radical (unpaired) electrons. The molecule has 2 aromatic rings. The molecule has 3 rings (SSSR count). The first-order chi connectivity index (χ1) is 15.3. The zero-order chi connectivity index (χ0) is 23.1. The molecule has 0 atom stereocenters. The van der Waals surface area contributed by atoms with Crippen molar-refractivity contribution in [2.24, 2.45) is 0 Å². The van der Waals surface area contributed by atoms with E-state index in [9.17, 15) is 17.6 Å². The molecule has 0 bridgehead atoms. The monoisotopic (exact) mass is 458 g/mol. The molecule has 2 N–H and O–H groups in total. The fourth-order valence-corrected chi connectivity index (χ4v) is 3.74. The van der Waals surface area contributed by atoms with E-state index in [4.69, 9.17) is 11.2 Å². The number of anilines is 2. The van der Waals surface area contributed by atoms with Gasteiger partial charge < -0.3 is 15.0 Å². The highest BCUT2D eigenvalue weighted by atomic mass is 32.2.